The van der Waals surface area contributed by atoms with Crippen molar-refractivity contribution >= 4 is 23.4 Å². The van der Waals surface area contributed by atoms with Crippen molar-refractivity contribution in [2.75, 3.05) is 18.4 Å². The molecule has 3 amide bonds. The summed E-state index contributed by atoms with van der Waals surface area (Å²) in [5, 5.41) is 5.42. The molecule has 1 aliphatic carbocycles. The van der Waals surface area contributed by atoms with E-state index in [4.69, 9.17) is 0 Å². The van der Waals surface area contributed by atoms with Crippen LogP contribution in [0.1, 0.15) is 31.2 Å². The summed E-state index contributed by atoms with van der Waals surface area (Å²) in [6, 6.07) is 7.46. The minimum Gasteiger partial charge on any atom is -0.347 e. The Morgan fingerprint density at radius 3 is 2.78 bits per heavy atom. The Labute approximate surface area is 135 Å². The first-order valence-electron chi connectivity index (χ1n) is 8.06. The van der Waals surface area contributed by atoms with Gasteiger partial charge in [0.15, 0.2) is 0 Å². The van der Waals surface area contributed by atoms with Crippen molar-refractivity contribution in [3.63, 3.8) is 0 Å². The number of carbonyl (C=O) groups is 3. The molecule has 1 saturated heterocycles. The fourth-order valence-corrected chi connectivity index (χ4v) is 2.70. The fraction of sp³-hybridized carbons (Fsp3) is 0.471. The quantitative estimate of drug-likeness (QED) is 0.830. The van der Waals surface area contributed by atoms with Crippen molar-refractivity contribution < 1.29 is 14.4 Å². The summed E-state index contributed by atoms with van der Waals surface area (Å²) < 4.78 is 0. The third kappa shape index (κ3) is 4.31. The van der Waals surface area contributed by atoms with Gasteiger partial charge in [-0.2, -0.15) is 0 Å². The number of hydrogen-bond donors (Lipinski definition) is 2. The van der Waals surface area contributed by atoms with Crippen molar-refractivity contribution in [1.82, 2.24) is 10.2 Å². The highest BCUT2D eigenvalue weighted by molar-refractivity contribution is 5.95. The van der Waals surface area contributed by atoms with Gasteiger partial charge >= 0.3 is 0 Å². The van der Waals surface area contributed by atoms with Crippen molar-refractivity contribution in [2.24, 2.45) is 5.92 Å². The minimum absolute atomic E-state index is 0.00975. The molecule has 6 heteroatoms. The number of rotatable bonds is 6. The normalized spacial score (nSPS) is 17.2. The standard InChI is InChI=1S/C17H21N3O3/c21-15(10-18-17(23)13-6-7-13)19-14-4-1-3-12(9-14)11-20-8-2-5-16(20)22/h1,3-4,9,13H,2,5-8,10-11H2,(H,18,23)(H,19,21). The van der Waals surface area contributed by atoms with Crippen LogP contribution >= 0.6 is 0 Å². The van der Waals surface area contributed by atoms with Crippen molar-refractivity contribution in [1.29, 1.82) is 0 Å². The summed E-state index contributed by atoms with van der Waals surface area (Å²) in [6.45, 7) is 1.35. The molecule has 6 nitrogen and oxygen atoms in total. The lowest BCUT2D eigenvalue weighted by atomic mass is 10.2. The van der Waals surface area contributed by atoms with Gasteiger partial charge in [0.05, 0.1) is 6.54 Å². The van der Waals surface area contributed by atoms with E-state index in [1.165, 1.54) is 0 Å². The second-order valence-corrected chi connectivity index (χ2v) is 6.16. The Kier molecular flexibility index (Phi) is 4.60. The maximum atomic E-state index is 11.9. The summed E-state index contributed by atoms with van der Waals surface area (Å²) >= 11 is 0. The first-order valence-corrected chi connectivity index (χ1v) is 8.06. The van der Waals surface area contributed by atoms with Crippen molar-refractivity contribution in [2.45, 2.75) is 32.2 Å². The summed E-state index contributed by atoms with van der Waals surface area (Å²) in [5.41, 5.74) is 1.67. The Morgan fingerprint density at radius 2 is 2.09 bits per heavy atom. The molecule has 122 valence electrons. The number of likely N-dealkylation sites (tertiary alicyclic amines) is 1. The summed E-state index contributed by atoms with van der Waals surface area (Å²) in [7, 11) is 0. The molecule has 0 unspecified atom stereocenters. The summed E-state index contributed by atoms with van der Waals surface area (Å²) in [5.74, 6) is 0.00111. The number of hydrogen-bond acceptors (Lipinski definition) is 3. The van der Waals surface area contributed by atoms with Gasteiger partial charge in [-0.25, -0.2) is 0 Å². The third-order valence-corrected chi connectivity index (χ3v) is 4.13. The van der Waals surface area contributed by atoms with Crippen LogP contribution in [-0.4, -0.2) is 35.7 Å². The zero-order valence-corrected chi connectivity index (χ0v) is 13.0. The number of nitrogens with one attached hydrogen (secondary N) is 2. The molecule has 0 spiro atoms. The van der Waals surface area contributed by atoms with E-state index >= 15 is 0 Å². The van der Waals surface area contributed by atoms with Crippen LogP contribution in [0, 0.1) is 5.92 Å². The van der Waals surface area contributed by atoms with Gasteiger partial charge in [-0.15, -0.1) is 0 Å². The van der Waals surface area contributed by atoms with Crippen LogP contribution in [0.15, 0.2) is 24.3 Å². The van der Waals surface area contributed by atoms with Gasteiger partial charge in [0.1, 0.15) is 0 Å². The summed E-state index contributed by atoms with van der Waals surface area (Å²) in [4.78, 5) is 36.9. The van der Waals surface area contributed by atoms with E-state index in [1.54, 1.807) is 6.07 Å². The highest BCUT2D eigenvalue weighted by Crippen LogP contribution is 2.28. The van der Waals surface area contributed by atoms with Crippen LogP contribution in [0.4, 0.5) is 5.69 Å². The van der Waals surface area contributed by atoms with E-state index in [1.807, 2.05) is 23.1 Å². The molecular weight excluding hydrogens is 294 g/mol. The Bertz CT molecular complexity index is 625. The molecule has 0 radical (unpaired) electrons. The monoisotopic (exact) mass is 315 g/mol. The predicted octanol–water partition coefficient (Wildman–Crippen LogP) is 1.27. The average molecular weight is 315 g/mol. The SMILES string of the molecule is O=C(CNC(=O)C1CC1)Nc1cccc(CN2CCCC2=O)c1. The number of nitrogens with zero attached hydrogens (tertiary/aromatic N) is 1. The second kappa shape index (κ2) is 6.81. The lowest BCUT2D eigenvalue weighted by molar-refractivity contribution is -0.128. The lowest BCUT2D eigenvalue weighted by Gasteiger charge is -2.16. The van der Waals surface area contributed by atoms with Crippen LogP contribution in [0.5, 0.6) is 0 Å². The molecule has 2 N–H and O–H groups in total. The Morgan fingerprint density at radius 1 is 1.26 bits per heavy atom. The Balaban J connectivity index is 1.51. The van der Waals surface area contributed by atoms with Gasteiger partial charge in [-0.3, -0.25) is 14.4 Å². The largest absolute Gasteiger partial charge is 0.347 e. The van der Waals surface area contributed by atoms with Crippen LogP contribution < -0.4 is 10.6 Å². The van der Waals surface area contributed by atoms with E-state index in [2.05, 4.69) is 10.6 Å². The van der Waals surface area contributed by atoms with Crippen LogP contribution in [0.2, 0.25) is 0 Å². The van der Waals surface area contributed by atoms with Crippen molar-refractivity contribution in [3.8, 4) is 0 Å². The van der Waals surface area contributed by atoms with E-state index < -0.39 is 0 Å². The molecule has 1 aliphatic heterocycles. The minimum atomic E-state index is -0.242. The molecule has 1 heterocycles. The van der Waals surface area contributed by atoms with Gasteiger partial charge in [0.2, 0.25) is 17.7 Å². The highest BCUT2D eigenvalue weighted by atomic mass is 16.2. The van der Waals surface area contributed by atoms with E-state index in [0.717, 1.165) is 31.4 Å². The first kappa shape index (κ1) is 15.5. The number of benzene rings is 1. The van der Waals surface area contributed by atoms with Crippen LogP contribution in [0.3, 0.4) is 0 Å². The van der Waals surface area contributed by atoms with Gasteiger partial charge in [-0.1, -0.05) is 12.1 Å². The molecule has 0 bridgehead atoms. The molecule has 0 atom stereocenters. The predicted molar refractivity (Wildman–Crippen MR) is 85.5 cm³/mol. The van der Waals surface area contributed by atoms with E-state index in [0.29, 0.717) is 18.7 Å². The summed E-state index contributed by atoms with van der Waals surface area (Å²) in [6.07, 6.45) is 3.38. The number of anilines is 1. The van der Waals surface area contributed by atoms with Crippen LogP contribution in [0.25, 0.3) is 0 Å². The Hall–Kier alpha value is -2.37. The molecule has 0 aromatic heterocycles. The van der Waals surface area contributed by atoms with Gasteiger partial charge in [0.25, 0.3) is 0 Å². The third-order valence-electron chi connectivity index (χ3n) is 4.13. The second-order valence-electron chi connectivity index (χ2n) is 6.16. The van der Waals surface area contributed by atoms with Crippen LogP contribution in [-0.2, 0) is 20.9 Å². The number of amides is 3. The van der Waals surface area contributed by atoms with E-state index in [-0.39, 0.29) is 30.2 Å². The molecule has 23 heavy (non-hydrogen) atoms. The maximum absolute atomic E-state index is 11.9. The molecule has 2 aliphatic rings. The lowest BCUT2D eigenvalue weighted by Crippen LogP contribution is -2.33. The maximum Gasteiger partial charge on any atom is 0.243 e. The zero-order valence-electron chi connectivity index (χ0n) is 13.0. The van der Waals surface area contributed by atoms with Crippen molar-refractivity contribution in [3.05, 3.63) is 29.8 Å². The molecule has 1 aromatic rings. The zero-order chi connectivity index (χ0) is 16.2. The molecular formula is C17H21N3O3. The van der Waals surface area contributed by atoms with Gasteiger partial charge in [-0.05, 0) is 37.0 Å². The molecule has 1 aromatic carbocycles. The molecule has 3 rings (SSSR count). The smallest absolute Gasteiger partial charge is 0.243 e. The van der Waals surface area contributed by atoms with Gasteiger partial charge in [0, 0.05) is 31.1 Å². The topological polar surface area (TPSA) is 78.5 Å². The molecule has 2 fully saturated rings. The fourth-order valence-electron chi connectivity index (χ4n) is 2.70. The van der Waals surface area contributed by atoms with E-state index in [9.17, 15) is 14.4 Å². The highest BCUT2D eigenvalue weighted by Gasteiger charge is 2.29. The average Bonchev–Trinajstić information content (AvgIpc) is 3.30. The number of carbonyl (C=O) groups excluding carboxylic acids is 3. The van der Waals surface area contributed by atoms with Gasteiger partial charge < -0.3 is 15.5 Å². The first-order chi connectivity index (χ1) is 11.1. The molecule has 1 saturated carbocycles.